The maximum atomic E-state index is 12.9. The molecule has 1 aliphatic heterocycles. The number of ether oxygens (including phenoxy) is 1. The zero-order valence-corrected chi connectivity index (χ0v) is 20.6. The Balaban J connectivity index is 1.28. The summed E-state index contributed by atoms with van der Waals surface area (Å²) >= 11 is 0. The Kier molecular flexibility index (Phi) is 6.77. The molecule has 3 aromatic rings. The van der Waals surface area contributed by atoms with Crippen LogP contribution in [0.25, 0.3) is 10.9 Å². The quantitative estimate of drug-likeness (QED) is 0.442. The number of carbonyl (C=O) groups is 2. The molecule has 0 spiro atoms. The normalized spacial score (nSPS) is 17.1. The van der Waals surface area contributed by atoms with Gasteiger partial charge in [0.05, 0.1) is 24.4 Å². The number of hydrogen-bond donors (Lipinski definition) is 3. The highest BCUT2D eigenvalue weighted by Crippen LogP contribution is 2.30. The first-order valence-electron chi connectivity index (χ1n) is 12.5. The van der Waals surface area contributed by atoms with Gasteiger partial charge in [-0.05, 0) is 56.7 Å². The molecule has 2 aromatic heterocycles. The van der Waals surface area contributed by atoms with Gasteiger partial charge in [-0.3, -0.25) is 14.3 Å². The maximum Gasteiger partial charge on any atom is 0.274 e. The van der Waals surface area contributed by atoms with Gasteiger partial charge in [0.25, 0.3) is 5.91 Å². The molecule has 2 aliphatic rings. The van der Waals surface area contributed by atoms with Crippen LogP contribution in [0, 0.1) is 5.92 Å². The van der Waals surface area contributed by atoms with Gasteiger partial charge in [0.15, 0.2) is 0 Å². The molecule has 36 heavy (non-hydrogen) atoms. The molecule has 10 nitrogen and oxygen atoms in total. The molecule has 1 unspecified atom stereocenters. The van der Waals surface area contributed by atoms with Crippen LogP contribution in [0.5, 0.6) is 5.75 Å². The zero-order chi connectivity index (χ0) is 25.2. The van der Waals surface area contributed by atoms with E-state index in [0.29, 0.717) is 47.6 Å². The number of methoxy groups -OCH3 is 1. The first-order valence-corrected chi connectivity index (χ1v) is 12.5. The van der Waals surface area contributed by atoms with Crippen LogP contribution in [-0.2, 0) is 11.3 Å². The van der Waals surface area contributed by atoms with E-state index in [2.05, 4.69) is 20.7 Å². The molecule has 10 heteroatoms. The van der Waals surface area contributed by atoms with Gasteiger partial charge in [0, 0.05) is 36.8 Å². The second kappa shape index (κ2) is 10.1. The fourth-order valence-electron chi connectivity index (χ4n) is 4.59. The lowest BCUT2D eigenvalue weighted by Gasteiger charge is -2.33. The number of aliphatic hydroxyl groups excluding tert-OH is 1. The van der Waals surface area contributed by atoms with Gasteiger partial charge in [0.1, 0.15) is 23.8 Å². The number of aromatic nitrogens is 3. The number of rotatable bonds is 8. The molecule has 1 saturated heterocycles. The average Bonchev–Trinajstić information content (AvgIpc) is 3.60. The standard InChI is InChI=1S/C26H32N6O4/c1-16(33)17-8-10-31(11-9-17)25(34)15-32-14-18-12-22(23(36-2)13-21(18)30-32)29-26(35)20-4-3-5-24(28-20)27-19-6-7-19/h3-5,12-14,16-17,19,33H,6-11,15H2,1-2H3,(H,27,28)(H,29,35). The van der Waals surface area contributed by atoms with E-state index in [-0.39, 0.29) is 30.4 Å². The van der Waals surface area contributed by atoms with Crippen molar-refractivity contribution in [1.82, 2.24) is 19.7 Å². The van der Waals surface area contributed by atoms with E-state index in [1.807, 2.05) is 17.9 Å². The van der Waals surface area contributed by atoms with Crippen LogP contribution < -0.4 is 15.4 Å². The lowest BCUT2D eigenvalue weighted by molar-refractivity contribution is -0.134. The van der Waals surface area contributed by atoms with Crippen LogP contribution in [0.2, 0.25) is 0 Å². The summed E-state index contributed by atoms with van der Waals surface area (Å²) in [6.07, 6.45) is 5.30. The number of amides is 2. The molecule has 2 amide bonds. The van der Waals surface area contributed by atoms with Gasteiger partial charge in [-0.25, -0.2) is 4.98 Å². The molecule has 0 bridgehead atoms. The number of carbonyl (C=O) groups excluding carboxylic acids is 2. The van der Waals surface area contributed by atoms with E-state index in [1.54, 1.807) is 35.1 Å². The van der Waals surface area contributed by atoms with Crippen molar-refractivity contribution in [3.05, 3.63) is 42.2 Å². The van der Waals surface area contributed by atoms with Crippen LogP contribution in [0.3, 0.4) is 0 Å². The van der Waals surface area contributed by atoms with E-state index >= 15 is 0 Å². The summed E-state index contributed by atoms with van der Waals surface area (Å²) in [6, 6.07) is 9.32. The molecule has 2 fully saturated rings. The minimum atomic E-state index is -0.345. The first kappa shape index (κ1) is 24.1. The smallest absolute Gasteiger partial charge is 0.274 e. The van der Waals surface area contributed by atoms with E-state index in [9.17, 15) is 14.7 Å². The summed E-state index contributed by atoms with van der Waals surface area (Å²) in [6.45, 7) is 3.22. The summed E-state index contributed by atoms with van der Waals surface area (Å²) in [5.41, 5.74) is 1.48. The molecule has 1 aromatic carbocycles. The molecule has 1 saturated carbocycles. The second-order valence-electron chi connectivity index (χ2n) is 9.68. The summed E-state index contributed by atoms with van der Waals surface area (Å²) in [7, 11) is 1.53. The predicted octanol–water partition coefficient (Wildman–Crippen LogP) is 2.89. The molecule has 3 N–H and O–H groups in total. The number of fused-ring (bicyclic) bond motifs is 1. The topological polar surface area (TPSA) is 122 Å². The van der Waals surface area contributed by atoms with Gasteiger partial charge in [-0.15, -0.1) is 0 Å². The molecule has 5 rings (SSSR count). The lowest BCUT2D eigenvalue weighted by Crippen LogP contribution is -2.42. The highest BCUT2D eigenvalue weighted by atomic mass is 16.5. The third-order valence-electron chi connectivity index (χ3n) is 6.90. The number of nitrogens with zero attached hydrogens (tertiary/aromatic N) is 4. The monoisotopic (exact) mass is 492 g/mol. The Morgan fingerprint density at radius 1 is 1.19 bits per heavy atom. The lowest BCUT2D eigenvalue weighted by atomic mass is 9.92. The molecule has 3 heterocycles. The third kappa shape index (κ3) is 5.43. The fraction of sp³-hybridized carbons (Fsp3) is 0.462. The van der Waals surface area contributed by atoms with Crippen molar-refractivity contribution in [3.63, 3.8) is 0 Å². The number of benzene rings is 1. The minimum absolute atomic E-state index is 0.00176. The van der Waals surface area contributed by atoms with Crippen molar-refractivity contribution < 1.29 is 19.4 Å². The van der Waals surface area contributed by atoms with Crippen molar-refractivity contribution >= 4 is 34.2 Å². The van der Waals surface area contributed by atoms with Crippen molar-refractivity contribution in [2.24, 2.45) is 5.92 Å². The number of aliphatic hydroxyl groups is 1. The van der Waals surface area contributed by atoms with E-state index < -0.39 is 0 Å². The van der Waals surface area contributed by atoms with Crippen molar-refractivity contribution in [1.29, 1.82) is 0 Å². The number of likely N-dealkylation sites (tertiary alicyclic amines) is 1. The highest BCUT2D eigenvalue weighted by Gasteiger charge is 2.26. The van der Waals surface area contributed by atoms with Crippen molar-refractivity contribution in [2.75, 3.05) is 30.8 Å². The Bertz CT molecular complexity index is 1260. The second-order valence-corrected chi connectivity index (χ2v) is 9.68. The van der Waals surface area contributed by atoms with Gasteiger partial charge in [0.2, 0.25) is 5.91 Å². The van der Waals surface area contributed by atoms with Crippen LogP contribution in [0.1, 0.15) is 43.1 Å². The maximum absolute atomic E-state index is 12.9. The Morgan fingerprint density at radius 2 is 1.97 bits per heavy atom. The average molecular weight is 493 g/mol. The number of hydrogen-bond acceptors (Lipinski definition) is 7. The van der Waals surface area contributed by atoms with Crippen molar-refractivity contribution in [2.45, 2.75) is 51.3 Å². The third-order valence-corrected chi connectivity index (χ3v) is 6.90. The van der Waals surface area contributed by atoms with Gasteiger partial charge in [-0.1, -0.05) is 6.07 Å². The van der Waals surface area contributed by atoms with Gasteiger partial charge in [-0.2, -0.15) is 5.10 Å². The molecular formula is C26H32N6O4. The Labute approximate surface area is 209 Å². The summed E-state index contributed by atoms with van der Waals surface area (Å²) < 4.78 is 7.12. The summed E-state index contributed by atoms with van der Waals surface area (Å²) in [5.74, 6) is 1.07. The molecular weight excluding hydrogens is 460 g/mol. The van der Waals surface area contributed by atoms with E-state index in [4.69, 9.17) is 4.74 Å². The largest absolute Gasteiger partial charge is 0.494 e. The van der Waals surface area contributed by atoms with E-state index in [1.165, 1.54) is 7.11 Å². The van der Waals surface area contributed by atoms with E-state index in [0.717, 1.165) is 31.1 Å². The summed E-state index contributed by atoms with van der Waals surface area (Å²) in [5, 5.41) is 21.3. The van der Waals surface area contributed by atoms with Crippen LogP contribution >= 0.6 is 0 Å². The Hall–Kier alpha value is -3.66. The van der Waals surface area contributed by atoms with Crippen LogP contribution in [0.15, 0.2) is 36.5 Å². The molecule has 1 aliphatic carbocycles. The zero-order valence-electron chi connectivity index (χ0n) is 20.6. The summed E-state index contributed by atoms with van der Waals surface area (Å²) in [4.78, 5) is 32.0. The number of pyridine rings is 1. The van der Waals surface area contributed by atoms with Gasteiger partial charge >= 0.3 is 0 Å². The fourth-order valence-corrected chi connectivity index (χ4v) is 4.59. The molecule has 190 valence electrons. The van der Waals surface area contributed by atoms with Crippen LogP contribution in [-0.4, -0.2) is 68.9 Å². The van der Waals surface area contributed by atoms with Crippen molar-refractivity contribution in [3.8, 4) is 5.75 Å². The minimum Gasteiger partial charge on any atom is -0.494 e. The SMILES string of the molecule is COc1cc2nn(CC(=O)N3CCC(C(C)O)CC3)cc2cc1NC(=O)c1cccc(NC2CC2)n1. The molecule has 0 radical (unpaired) electrons. The van der Waals surface area contributed by atoms with Gasteiger partial charge < -0.3 is 25.4 Å². The number of piperidine rings is 1. The number of anilines is 2. The Morgan fingerprint density at radius 3 is 2.67 bits per heavy atom. The predicted molar refractivity (Wildman–Crippen MR) is 136 cm³/mol. The first-order chi connectivity index (χ1) is 17.4. The number of nitrogens with one attached hydrogen (secondary N) is 2. The molecule has 1 atom stereocenters. The van der Waals surface area contributed by atoms with Crippen LogP contribution in [0.4, 0.5) is 11.5 Å². The highest BCUT2D eigenvalue weighted by molar-refractivity contribution is 6.05.